The molecule has 2 aromatic heterocycles. The van der Waals surface area contributed by atoms with Crippen molar-refractivity contribution in [1.29, 1.82) is 0 Å². The monoisotopic (exact) mass is 500 g/mol. The van der Waals surface area contributed by atoms with E-state index in [0.29, 0.717) is 60.8 Å². The largest absolute Gasteiger partial charge is 0.492 e. The van der Waals surface area contributed by atoms with Gasteiger partial charge in [-0.05, 0) is 45.9 Å². The summed E-state index contributed by atoms with van der Waals surface area (Å²) in [5.74, 6) is 0.927. The first-order chi connectivity index (χ1) is 16.6. The summed E-state index contributed by atoms with van der Waals surface area (Å²) in [6, 6.07) is 7.37. The first-order valence-electron chi connectivity index (χ1n) is 11.5. The molecule has 1 aliphatic heterocycles. The van der Waals surface area contributed by atoms with Gasteiger partial charge >= 0.3 is 6.09 Å². The number of hydrogen-bond acceptors (Lipinski definition) is 8. The number of rotatable bonds is 5. The molecule has 1 saturated heterocycles. The fraction of sp³-hybridized carbons (Fsp3) is 0.417. The third-order valence-corrected chi connectivity index (χ3v) is 5.62. The number of fused-ring (bicyclic) bond motifs is 1. The molecule has 3 heterocycles. The quantitative estimate of drug-likeness (QED) is 0.502. The van der Waals surface area contributed by atoms with Crippen LogP contribution in [-0.4, -0.2) is 64.6 Å². The smallest absolute Gasteiger partial charge is 0.410 e. The Morgan fingerprint density at radius 1 is 1.20 bits per heavy atom. The Morgan fingerprint density at radius 2 is 1.94 bits per heavy atom. The van der Waals surface area contributed by atoms with Crippen LogP contribution < -0.4 is 20.5 Å². The maximum atomic E-state index is 12.4. The third kappa shape index (κ3) is 5.76. The van der Waals surface area contributed by atoms with Crippen LogP contribution in [0, 0.1) is 0 Å². The Morgan fingerprint density at radius 3 is 2.63 bits per heavy atom. The fourth-order valence-electron chi connectivity index (χ4n) is 3.87. The number of hydrogen-bond donors (Lipinski definition) is 2. The molecule has 2 N–H and O–H groups in total. The van der Waals surface area contributed by atoms with E-state index in [2.05, 4.69) is 25.4 Å². The van der Waals surface area contributed by atoms with Crippen molar-refractivity contribution >= 4 is 45.7 Å². The standard InChI is InChI=1S/C24H29ClN6O4/c1-5-34-18-13-16(30-8-10-31(11-9-30)23(33)35-24(2,3)4)6-7-17(18)27-21-20-15(12-19(25)28-21)14-26-29-22(20)32/h6-7,12-14H,5,8-11H2,1-4H3,(H,27,28)(H,29,32). The summed E-state index contributed by atoms with van der Waals surface area (Å²) in [6.45, 7) is 10.4. The summed E-state index contributed by atoms with van der Waals surface area (Å²) >= 11 is 6.17. The van der Waals surface area contributed by atoms with Crippen LogP contribution in [0.2, 0.25) is 5.15 Å². The second kappa shape index (κ2) is 9.99. The number of aromatic nitrogens is 3. The van der Waals surface area contributed by atoms with Gasteiger partial charge in [0.15, 0.2) is 0 Å². The number of carbonyl (C=O) groups is 1. The summed E-state index contributed by atoms with van der Waals surface area (Å²) in [6.07, 6.45) is 1.23. The molecule has 0 atom stereocenters. The van der Waals surface area contributed by atoms with Gasteiger partial charge < -0.3 is 24.6 Å². The lowest BCUT2D eigenvalue weighted by atomic mass is 10.2. The lowest BCUT2D eigenvalue weighted by molar-refractivity contribution is 0.0240. The highest BCUT2D eigenvalue weighted by molar-refractivity contribution is 6.30. The molecule has 3 aromatic rings. The van der Waals surface area contributed by atoms with E-state index in [1.54, 1.807) is 11.0 Å². The van der Waals surface area contributed by atoms with E-state index in [-0.39, 0.29) is 16.8 Å². The number of nitrogens with zero attached hydrogens (tertiary/aromatic N) is 4. The minimum Gasteiger partial charge on any atom is -0.492 e. The van der Waals surface area contributed by atoms with Gasteiger partial charge in [-0.2, -0.15) is 5.10 Å². The van der Waals surface area contributed by atoms with Gasteiger partial charge in [0.2, 0.25) is 0 Å². The molecule has 0 saturated carbocycles. The van der Waals surface area contributed by atoms with Gasteiger partial charge in [-0.1, -0.05) is 11.6 Å². The second-order valence-corrected chi connectivity index (χ2v) is 9.54. The van der Waals surface area contributed by atoms with Crippen LogP contribution in [0.3, 0.4) is 0 Å². The number of carbonyl (C=O) groups excluding carboxylic acids is 1. The molecule has 10 nitrogen and oxygen atoms in total. The fourth-order valence-corrected chi connectivity index (χ4v) is 4.07. The molecule has 0 spiro atoms. The van der Waals surface area contributed by atoms with Crippen molar-refractivity contribution in [2.24, 2.45) is 0 Å². The number of H-pyrrole nitrogens is 1. The highest BCUT2D eigenvalue weighted by Gasteiger charge is 2.26. The van der Waals surface area contributed by atoms with Crippen molar-refractivity contribution < 1.29 is 14.3 Å². The highest BCUT2D eigenvalue weighted by Crippen LogP contribution is 2.34. The first-order valence-corrected chi connectivity index (χ1v) is 11.8. The minimum atomic E-state index is -0.520. The second-order valence-electron chi connectivity index (χ2n) is 9.15. The molecule has 35 heavy (non-hydrogen) atoms. The van der Waals surface area contributed by atoms with Gasteiger partial charge in [-0.3, -0.25) is 4.79 Å². The van der Waals surface area contributed by atoms with Crippen LogP contribution in [-0.2, 0) is 4.74 Å². The van der Waals surface area contributed by atoms with Crippen LogP contribution in [0.4, 0.5) is 22.0 Å². The summed E-state index contributed by atoms with van der Waals surface area (Å²) < 4.78 is 11.4. The maximum Gasteiger partial charge on any atom is 0.410 e. The van der Waals surface area contributed by atoms with Gasteiger partial charge in [-0.15, -0.1) is 0 Å². The Labute approximate surface area is 208 Å². The number of amides is 1. The average Bonchev–Trinajstić information content (AvgIpc) is 2.79. The molecule has 1 amide bonds. The predicted octanol–water partition coefficient (Wildman–Crippen LogP) is 4.17. The summed E-state index contributed by atoms with van der Waals surface area (Å²) in [4.78, 5) is 33.0. The van der Waals surface area contributed by atoms with Crippen molar-refractivity contribution in [2.45, 2.75) is 33.3 Å². The first kappa shape index (κ1) is 24.6. The summed E-state index contributed by atoms with van der Waals surface area (Å²) in [5, 5.41) is 10.6. The Bertz CT molecular complexity index is 1280. The highest BCUT2D eigenvalue weighted by atomic mass is 35.5. The van der Waals surface area contributed by atoms with Crippen LogP contribution in [0.25, 0.3) is 10.8 Å². The molecule has 1 aliphatic rings. The molecular weight excluding hydrogens is 472 g/mol. The Hall–Kier alpha value is -3.53. The van der Waals surface area contributed by atoms with Gasteiger partial charge in [0, 0.05) is 43.3 Å². The van der Waals surface area contributed by atoms with Gasteiger partial charge in [0.05, 0.1) is 23.9 Å². The van der Waals surface area contributed by atoms with Crippen molar-refractivity contribution in [3.8, 4) is 5.75 Å². The number of nitrogens with one attached hydrogen (secondary N) is 2. The molecule has 0 bridgehead atoms. The minimum absolute atomic E-state index is 0.241. The van der Waals surface area contributed by atoms with E-state index >= 15 is 0 Å². The van der Waals surface area contributed by atoms with E-state index < -0.39 is 5.60 Å². The van der Waals surface area contributed by atoms with Gasteiger partial charge in [0.1, 0.15) is 22.3 Å². The van der Waals surface area contributed by atoms with Crippen LogP contribution in [0.15, 0.2) is 35.3 Å². The van der Waals surface area contributed by atoms with Crippen molar-refractivity contribution in [3.63, 3.8) is 0 Å². The molecule has 1 fully saturated rings. The number of anilines is 3. The van der Waals surface area contributed by atoms with Crippen LogP contribution in [0.1, 0.15) is 27.7 Å². The lowest BCUT2D eigenvalue weighted by Gasteiger charge is -2.37. The van der Waals surface area contributed by atoms with Crippen LogP contribution in [0.5, 0.6) is 5.75 Å². The van der Waals surface area contributed by atoms with E-state index in [1.165, 1.54) is 6.20 Å². The Balaban J connectivity index is 1.55. The number of pyridine rings is 1. The molecule has 4 rings (SSSR count). The number of aromatic amines is 1. The molecular formula is C24H29ClN6O4. The molecule has 11 heteroatoms. The van der Waals surface area contributed by atoms with E-state index in [0.717, 1.165) is 5.69 Å². The van der Waals surface area contributed by atoms with E-state index in [9.17, 15) is 9.59 Å². The normalized spacial score (nSPS) is 14.2. The summed E-state index contributed by atoms with van der Waals surface area (Å²) in [7, 11) is 0. The topological polar surface area (TPSA) is 113 Å². The van der Waals surface area contributed by atoms with Gasteiger partial charge in [0.25, 0.3) is 5.56 Å². The maximum absolute atomic E-state index is 12.4. The predicted molar refractivity (Wildman–Crippen MR) is 136 cm³/mol. The molecule has 186 valence electrons. The number of ether oxygens (including phenoxy) is 2. The van der Waals surface area contributed by atoms with Crippen molar-refractivity contribution in [3.05, 3.63) is 46.0 Å². The zero-order valence-electron chi connectivity index (χ0n) is 20.2. The molecule has 0 unspecified atom stereocenters. The van der Waals surface area contributed by atoms with E-state index in [1.807, 2.05) is 45.9 Å². The van der Waals surface area contributed by atoms with E-state index in [4.69, 9.17) is 21.1 Å². The summed E-state index contributed by atoms with van der Waals surface area (Å²) in [5.41, 5.74) is 0.726. The number of halogens is 1. The molecule has 0 aliphatic carbocycles. The Kier molecular flexibility index (Phi) is 7.02. The van der Waals surface area contributed by atoms with Crippen molar-refractivity contribution in [2.75, 3.05) is 43.0 Å². The number of benzene rings is 1. The zero-order chi connectivity index (χ0) is 25.2. The number of piperazine rings is 1. The third-order valence-electron chi connectivity index (χ3n) is 5.43. The van der Waals surface area contributed by atoms with Gasteiger partial charge in [-0.25, -0.2) is 14.9 Å². The molecule has 1 aromatic carbocycles. The zero-order valence-corrected chi connectivity index (χ0v) is 21.0. The lowest BCUT2D eigenvalue weighted by Crippen LogP contribution is -2.50. The van der Waals surface area contributed by atoms with Crippen LogP contribution >= 0.6 is 11.6 Å². The average molecular weight is 501 g/mol. The van der Waals surface area contributed by atoms with Crippen molar-refractivity contribution in [1.82, 2.24) is 20.1 Å². The molecule has 0 radical (unpaired) electrons. The SMILES string of the molecule is CCOc1cc(N2CCN(C(=O)OC(C)(C)C)CC2)ccc1Nc1nc(Cl)cc2cn[nH]c(=O)c12.